The Morgan fingerprint density at radius 2 is 1.81 bits per heavy atom. The molecular formula is C20H27NO5. The maximum atomic E-state index is 12.6. The molecule has 142 valence electrons. The Bertz CT molecular complexity index is 829. The average Bonchev–Trinajstić information content (AvgIpc) is 2.87. The van der Waals surface area contributed by atoms with Gasteiger partial charge < -0.3 is 19.6 Å². The number of hydrogen-bond donors (Lipinski definition) is 2. The molecule has 0 saturated carbocycles. The summed E-state index contributed by atoms with van der Waals surface area (Å²) in [5.74, 6) is -1.47. The van der Waals surface area contributed by atoms with E-state index in [1.54, 1.807) is 0 Å². The third-order valence-electron chi connectivity index (χ3n) is 4.23. The van der Waals surface area contributed by atoms with Crippen LogP contribution in [0.3, 0.4) is 0 Å². The Hall–Kier alpha value is -2.34. The number of aryl methyl sites for hydroxylation is 3. The van der Waals surface area contributed by atoms with Gasteiger partial charge in [0.25, 0.3) is 5.91 Å². The van der Waals surface area contributed by atoms with E-state index >= 15 is 0 Å². The zero-order valence-corrected chi connectivity index (χ0v) is 16.2. The molecule has 0 aliphatic heterocycles. The topological polar surface area (TPSA) is 88.8 Å². The second kappa shape index (κ2) is 7.50. The molecule has 0 saturated heterocycles. The molecular weight excluding hydrogens is 334 g/mol. The predicted molar refractivity (Wildman–Crippen MR) is 99.6 cm³/mol. The summed E-state index contributed by atoms with van der Waals surface area (Å²) in [6.45, 7) is 11.6. The molecule has 0 radical (unpaired) electrons. The number of aliphatic carboxylic acids is 1. The Labute approximate surface area is 153 Å². The summed E-state index contributed by atoms with van der Waals surface area (Å²) >= 11 is 0. The second-order valence-electron chi connectivity index (χ2n) is 7.57. The van der Waals surface area contributed by atoms with Crippen LogP contribution < -0.4 is 5.32 Å². The van der Waals surface area contributed by atoms with E-state index < -0.39 is 17.9 Å². The van der Waals surface area contributed by atoms with Crippen LogP contribution in [-0.4, -0.2) is 35.2 Å². The van der Waals surface area contributed by atoms with Crippen LogP contribution in [0.15, 0.2) is 16.5 Å². The molecule has 0 bridgehead atoms. The molecule has 6 nitrogen and oxygen atoms in total. The number of carboxylic acid groups (broad SMARTS) is 1. The van der Waals surface area contributed by atoms with E-state index in [-0.39, 0.29) is 24.4 Å². The molecule has 2 rings (SSSR count). The van der Waals surface area contributed by atoms with Crippen LogP contribution in [-0.2, 0) is 9.53 Å². The Morgan fingerprint density at radius 3 is 2.35 bits per heavy atom. The molecule has 26 heavy (non-hydrogen) atoms. The van der Waals surface area contributed by atoms with E-state index in [4.69, 9.17) is 9.15 Å². The fraction of sp³-hybridized carbons (Fsp3) is 0.500. The lowest BCUT2D eigenvalue weighted by molar-refractivity contribution is -0.140. The first-order valence-electron chi connectivity index (χ1n) is 8.68. The van der Waals surface area contributed by atoms with Gasteiger partial charge in [-0.25, -0.2) is 4.79 Å². The number of hydrogen-bond acceptors (Lipinski definition) is 4. The van der Waals surface area contributed by atoms with Gasteiger partial charge in [-0.2, -0.15) is 0 Å². The van der Waals surface area contributed by atoms with E-state index in [1.165, 1.54) is 0 Å². The van der Waals surface area contributed by atoms with E-state index in [2.05, 4.69) is 5.32 Å². The van der Waals surface area contributed by atoms with Gasteiger partial charge in [0.05, 0.1) is 5.60 Å². The molecule has 1 amide bonds. The van der Waals surface area contributed by atoms with E-state index in [0.29, 0.717) is 11.1 Å². The van der Waals surface area contributed by atoms with Crippen molar-refractivity contribution in [3.63, 3.8) is 0 Å². The van der Waals surface area contributed by atoms with Gasteiger partial charge in [0.15, 0.2) is 5.76 Å². The minimum absolute atomic E-state index is 0.153. The fourth-order valence-corrected chi connectivity index (χ4v) is 2.86. The highest BCUT2D eigenvalue weighted by molar-refractivity contribution is 6.01. The van der Waals surface area contributed by atoms with Gasteiger partial charge in [0.2, 0.25) is 0 Å². The number of ether oxygens (including phenoxy) is 1. The van der Waals surface area contributed by atoms with Gasteiger partial charge in [-0.1, -0.05) is 12.1 Å². The summed E-state index contributed by atoms with van der Waals surface area (Å²) in [7, 11) is 0. The minimum Gasteiger partial charge on any atom is -0.480 e. The third-order valence-corrected chi connectivity index (χ3v) is 4.23. The summed E-state index contributed by atoms with van der Waals surface area (Å²) in [5.41, 5.74) is 2.96. The zero-order chi connectivity index (χ0) is 19.6. The van der Waals surface area contributed by atoms with Crippen LogP contribution in [0.2, 0.25) is 0 Å². The first kappa shape index (κ1) is 20.0. The van der Waals surface area contributed by atoms with Gasteiger partial charge in [-0.3, -0.25) is 4.79 Å². The molecule has 1 aromatic heterocycles. The molecule has 0 aliphatic carbocycles. The second-order valence-corrected chi connectivity index (χ2v) is 7.57. The highest BCUT2D eigenvalue weighted by Gasteiger charge is 2.26. The maximum Gasteiger partial charge on any atom is 0.326 e. The normalized spacial score (nSPS) is 13.0. The largest absolute Gasteiger partial charge is 0.480 e. The molecule has 0 spiro atoms. The molecule has 1 atom stereocenters. The fourth-order valence-electron chi connectivity index (χ4n) is 2.86. The zero-order valence-electron chi connectivity index (χ0n) is 16.2. The van der Waals surface area contributed by atoms with Crippen LogP contribution in [0, 0.1) is 20.8 Å². The predicted octanol–water partition coefficient (Wildman–Crippen LogP) is 3.75. The summed E-state index contributed by atoms with van der Waals surface area (Å²) < 4.78 is 11.3. The molecule has 2 N–H and O–H groups in total. The molecule has 6 heteroatoms. The standard InChI is InChI=1S/C20H27NO5/c1-11-7-8-12(2)16-15(11)13(3)17(26-16)18(22)21-14(19(23)24)9-10-25-20(4,5)6/h7-8,14H,9-10H2,1-6H3,(H,21,22)(H,23,24). The van der Waals surface area contributed by atoms with Crippen molar-refractivity contribution in [1.29, 1.82) is 0 Å². The number of carbonyl (C=O) groups excluding carboxylic acids is 1. The summed E-state index contributed by atoms with van der Waals surface area (Å²) in [6.07, 6.45) is 0.176. The van der Waals surface area contributed by atoms with Crippen molar-refractivity contribution in [1.82, 2.24) is 5.32 Å². The smallest absolute Gasteiger partial charge is 0.326 e. The number of carboxylic acids is 1. The Balaban J connectivity index is 2.21. The average molecular weight is 361 g/mol. The van der Waals surface area contributed by atoms with Crippen LogP contribution in [0.5, 0.6) is 0 Å². The van der Waals surface area contributed by atoms with Crippen molar-refractivity contribution < 1.29 is 23.8 Å². The molecule has 1 unspecified atom stereocenters. The van der Waals surface area contributed by atoms with Crippen LogP contribution >= 0.6 is 0 Å². The number of amides is 1. The van der Waals surface area contributed by atoms with E-state index in [9.17, 15) is 14.7 Å². The van der Waals surface area contributed by atoms with Crippen LogP contribution in [0.25, 0.3) is 11.0 Å². The molecule has 0 fully saturated rings. The Kier molecular flexibility index (Phi) is 5.76. The quantitative estimate of drug-likeness (QED) is 0.818. The van der Waals surface area contributed by atoms with Gasteiger partial charge in [0, 0.05) is 24.0 Å². The molecule has 1 aromatic carbocycles. The van der Waals surface area contributed by atoms with Crippen molar-refractivity contribution in [3.8, 4) is 0 Å². The van der Waals surface area contributed by atoms with Gasteiger partial charge in [-0.15, -0.1) is 0 Å². The first-order valence-corrected chi connectivity index (χ1v) is 8.68. The SMILES string of the molecule is Cc1ccc(C)c2c(C)c(C(=O)NC(CCOC(C)(C)C)C(=O)O)oc12. The monoisotopic (exact) mass is 361 g/mol. The van der Waals surface area contributed by atoms with Crippen molar-refractivity contribution in [2.24, 2.45) is 0 Å². The number of nitrogens with one attached hydrogen (secondary N) is 1. The molecule has 2 aromatic rings. The van der Waals surface area contributed by atoms with Gasteiger partial charge in [-0.05, 0) is 52.7 Å². The van der Waals surface area contributed by atoms with Crippen molar-refractivity contribution in [2.45, 2.75) is 59.6 Å². The first-order chi connectivity index (χ1) is 12.0. The highest BCUT2D eigenvalue weighted by atomic mass is 16.5. The number of furan rings is 1. The number of benzene rings is 1. The number of carbonyl (C=O) groups is 2. The lowest BCUT2D eigenvalue weighted by Crippen LogP contribution is -2.42. The summed E-state index contributed by atoms with van der Waals surface area (Å²) in [4.78, 5) is 24.1. The van der Waals surface area contributed by atoms with E-state index in [0.717, 1.165) is 16.5 Å². The maximum absolute atomic E-state index is 12.6. The Morgan fingerprint density at radius 1 is 1.19 bits per heavy atom. The van der Waals surface area contributed by atoms with Crippen LogP contribution in [0.1, 0.15) is 54.4 Å². The van der Waals surface area contributed by atoms with Crippen molar-refractivity contribution in [3.05, 3.63) is 34.6 Å². The highest BCUT2D eigenvalue weighted by Crippen LogP contribution is 2.30. The van der Waals surface area contributed by atoms with Gasteiger partial charge >= 0.3 is 5.97 Å². The van der Waals surface area contributed by atoms with Crippen molar-refractivity contribution in [2.75, 3.05) is 6.61 Å². The number of rotatable bonds is 6. The summed E-state index contributed by atoms with van der Waals surface area (Å²) in [5, 5.41) is 12.8. The molecule has 0 aliphatic rings. The lowest BCUT2D eigenvalue weighted by atomic mass is 10.0. The van der Waals surface area contributed by atoms with E-state index in [1.807, 2.05) is 53.7 Å². The van der Waals surface area contributed by atoms with Crippen LogP contribution in [0.4, 0.5) is 0 Å². The van der Waals surface area contributed by atoms with Crippen molar-refractivity contribution >= 4 is 22.8 Å². The minimum atomic E-state index is -1.10. The molecule has 1 heterocycles. The van der Waals surface area contributed by atoms with Gasteiger partial charge in [0.1, 0.15) is 11.6 Å². The summed E-state index contributed by atoms with van der Waals surface area (Å²) in [6, 6.07) is 2.87. The lowest BCUT2D eigenvalue weighted by Gasteiger charge is -2.21. The third kappa shape index (κ3) is 4.43. The number of fused-ring (bicyclic) bond motifs is 1.